The van der Waals surface area contributed by atoms with Crippen LogP contribution in [0.15, 0.2) is 42.6 Å². The van der Waals surface area contributed by atoms with Crippen LogP contribution in [0.5, 0.6) is 0 Å². The standard InChI is InChI=1S/C33H42N8O2/c1-24-19-25(20-27-23-35-37-31(24)27)21-29(32(42)40-13-9-28(10-14-40)38-11-5-2-6-12-38)36-33(43)41-17-15-39(16-18-41)30-8-4-3-7-26(30)22-34/h3-4,7-8,19-20,23,28-29H,2,5-6,9-18,21H2,1H3,(H,35,37)(H,36,43)/t29-/m1/s1. The SMILES string of the molecule is Cc1cc(C[C@@H](NC(=O)N2CCN(c3ccccc3C#N)CC2)C(=O)N2CCC(N3CCCCC3)CC2)cc2cn[nH]c12. The summed E-state index contributed by atoms with van der Waals surface area (Å²) >= 11 is 0. The lowest BCUT2D eigenvalue weighted by Crippen LogP contribution is -2.58. The number of amides is 3. The smallest absolute Gasteiger partial charge is 0.318 e. The van der Waals surface area contributed by atoms with Gasteiger partial charge in [-0.3, -0.25) is 9.89 Å². The molecule has 10 heteroatoms. The number of H-pyrrole nitrogens is 1. The Morgan fingerprint density at radius 3 is 2.49 bits per heavy atom. The molecule has 0 aliphatic carbocycles. The van der Waals surface area contributed by atoms with E-state index in [0.717, 1.165) is 53.6 Å². The Balaban J connectivity index is 1.13. The van der Waals surface area contributed by atoms with Gasteiger partial charge in [0, 0.05) is 57.1 Å². The summed E-state index contributed by atoms with van der Waals surface area (Å²) < 4.78 is 0. The van der Waals surface area contributed by atoms with Gasteiger partial charge in [0.25, 0.3) is 0 Å². The number of aryl methyl sites for hydroxylation is 1. The highest BCUT2D eigenvalue weighted by molar-refractivity contribution is 5.88. The quantitative estimate of drug-likeness (QED) is 0.459. The van der Waals surface area contributed by atoms with Crippen LogP contribution in [-0.4, -0.2) is 101 Å². The van der Waals surface area contributed by atoms with Crippen molar-refractivity contribution in [3.63, 3.8) is 0 Å². The highest BCUT2D eigenvalue weighted by Crippen LogP contribution is 2.24. The van der Waals surface area contributed by atoms with Crippen molar-refractivity contribution in [3.05, 3.63) is 59.3 Å². The second-order valence-electron chi connectivity index (χ2n) is 12.2. The Labute approximate surface area is 253 Å². The van der Waals surface area contributed by atoms with Crippen LogP contribution in [0.25, 0.3) is 10.9 Å². The number of piperidine rings is 2. The minimum atomic E-state index is -0.653. The van der Waals surface area contributed by atoms with E-state index in [1.165, 1.54) is 32.4 Å². The summed E-state index contributed by atoms with van der Waals surface area (Å²) in [6.45, 7) is 8.13. The second-order valence-corrected chi connectivity index (χ2v) is 12.2. The number of carbonyl (C=O) groups excluding carboxylic acids is 2. The van der Waals surface area contributed by atoms with Crippen LogP contribution in [0.4, 0.5) is 10.5 Å². The zero-order valence-corrected chi connectivity index (χ0v) is 25.1. The lowest BCUT2D eigenvalue weighted by atomic mass is 9.97. The van der Waals surface area contributed by atoms with Gasteiger partial charge in [-0.2, -0.15) is 10.4 Å². The first kappa shape index (κ1) is 29.0. The van der Waals surface area contributed by atoms with E-state index in [1.807, 2.05) is 36.1 Å². The van der Waals surface area contributed by atoms with Gasteiger partial charge in [0.1, 0.15) is 12.1 Å². The van der Waals surface area contributed by atoms with E-state index in [0.29, 0.717) is 44.2 Å². The Hall–Kier alpha value is -4.10. The number of para-hydroxylation sites is 1. The molecule has 3 aliphatic heterocycles. The van der Waals surface area contributed by atoms with E-state index in [-0.39, 0.29) is 11.9 Å². The number of urea groups is 1. The lowest BCUT2D eigenvalue weighted by molar-refractivity contribution is -0.134. The molecule has 3 saturated heterocycles. The Bertz CT molecular complexity index is 1470. The maximum atomic E-state index is 14.0. The molecular weight excluding hydrogens is 540 g/mol. The maximum Gasteiger partial charge on any atom is 0.318 e. The van der Waals surface area contributed by atoms with Crippen LogP contribution < -0.4 is 10.2 Å². The molecule has 1 atom stereocenters. The van der Waals surface area contributed by atoms with Crippen LogP contribution in [0.1, 0.15) is 48.8 Å². The summed E-state index contributed by atoms with van der Waals surface area (Å²) in [4.78, 5) is 36.2. The van der Waals surface area contributed by atoms with E-state index in [4.69, 9.17) is 0 Å². The number of hydrogen-bond acceptors (Lipinski definition) is 6. The summed E-state index contributed by atoms with van der Waals surface area (Å²) in [5.74, 6) is -0.00280. The molecule has 1 aromatic heterocycles. The number of likely N-dealkylation sites (tertiary alicyclic amines) is 2. The largest absolute Gasteiger partial charge is 0.367 e. The van der Waals surface area contributed by atoms with Gasteiger partial charge in [0.15, 0.2) is 0 Å². The van der Waals surface area contributed by atoms with Crippen molar-refractivity contribution in [3.8, 4) is 6.07 Å². The summed E-state index contributed by atoms with van der Waals surface area (Å²) in [5.41, 5.74) is 4.60. The normalized spacial score (nSPS) is 19.3. The zero-order valence-electron chi connectivity index (χ0n) is 25.1. The number of piperazine rings is 1. The third kappa shape index (κ3) is 6.47. The number of nitriles is 1. The molecule has 0 radical (unpaired) electrons. The van der Waals surface area contributed by atoms with Crippen LogP contribution >= 0.6 is 0 Å². The molecule has 43 heavy (non-hydrogen) atoms. The molecule has 0 saturated carbocycles. The van der Waals surface area contributed by atoms with Crippen molar-refractivity contribution in [2.24, 2.45) is 0 Å². The van der Waals surface area contributed by atoms with Crippen LogP contribution in [0, 0.1) is 18.3 Å². The molecule has 3 fully saturated rings. The summed E-state index contributed by atoms with van der Waals surface area (Å²) in [5, 5.41) is 20.9. The van der Waals surface area contributed by atoms with Gasteiger partial charge in [0.2, 0.25) is 5.91 Å². The first-order valence-corrected chi connectivity index (χ1v) is 15.7. The average Bonchev–Trinajstić information content (AvgIpc) is 3.54. The molecule has 4 heterocycles. The zero-order chi connectivity index (χ0) is 29.8. The molecule has 3 aromatic rings. The van der Waals surface area contributed by atoms with Crippen molar-refractivity contribution in [1.82, 2.24) is 30.2 Å². The highest BCUT2D eigenvalue weighted by Gasteiger charge is 2.33. The van der Waals surface area contributed by atoms with Crippen molar-refractivity contribution >= 4 is 28.5 Å². The first-order chi connectivity index (χ1) is 21.0. The molecule has 226 valence electrons. The highest BCUT2D eigenvalue weighted by atomic mass is 16.2. The number of nitrogens with one attached hydrogen (secondary N) is 2. The molecule has 6 rings (SSSR count). The van der Waals surface area contributed by atoms with Gasteiger partial charge >= 0.3 is 6.03 Å². The molecule has 10 nitrogen and oxygen atoms in total. The minimum Gasteiger partial charge on any atom is -0.367 e. The molecule has 3 aliphatic rings. The van der Waals surface area contributed by atoms with Gasteiger partial charge in [-0.1, -0.05) is 24.6 Å². The first-order valence-electron chi connectivity index (χ1n) is 15.7. The van der Waals surface area contributed by atoms with Gasteiger partial charge < -0.3 is 24.9 Å². The fourth-order valence-electron chi connectivity index (χ4n) is 7.06. The van der Waals surface area contributed by atoms with E-state index in [9.17, 15) is 14.9 Å². The number of rotatable bonds is 6. The van der Waals surface area contributed by atoms with Crippen LogP contribution in [-0.2, 0) is 11.2 Å². The van der Waals surface area contributed by atoms with E-state index >= 15 is 0 Å². The molecule has 3 amide bonds. The maximum absolute atomic E-state index is 14.0. The number of carbonyl (C=O) groups is 2. The number of fused-ring (bicyclic) bond motifs is 1. The summed E-state index contributed by atoms with van der Waals surface area (Å²) in [6.07, 6.45) is 8.06. The van der Waals surface area contributed by atoms with E-state index in [2.05, 4.69) is 43.5 Å². The Morgan fingerprint density at radius 1 is 1.00 bits per heavy atom. The van der Waals surface area contributed by atoms with Gasteiger partial charge in [-0.05, 0) is 75.0 Å². The third-order valence-corrected chi connectivity index (χ3v) is 9.46. The van der Waals surface area contributed by atoms with E-state index in [1.54, 1.807) is 11.1 Å². The van der Waals surface area contributed by atoms with Crippen molar-refractivity contribution in [1.29, 1.82) is 5.26 Å². The number of anilines is 1. The number of nitrogens with zero attached hydrogens (tertiary/aromatic N) is 6. The second kappa shape index (κ2) is 13.0. The van der Waals surface area contributed by atoms with Gasteiger partial charge in [0.05, 0.1) is 23.0 Å². The van der Waals surface area contributed by atoms with Gasteiger partial charge in [-0.15, -0.1) is 0 Å². The molecule has 0 bridgehead atoms. The average molecular weight is 583 g/mol. The predicted octanol–water partition coefficient (Wildman–Crippen LogP) is 3.66. The fraction of sp³-hybridized carbons (Fsp3) is 0.515. The Morgan fingerprint density at radius 2 is 1.74 bits per heavy atom. The molecule has 2 aromatic carbocycles. The monoisotopic (exact) mass is 582 g/mol. The minimum absolute atomic E-state index is 0.00280. The number of aromatic nitrogens is 2. The number of hydrogen-bond donors (Lipinski definition) is 2. The molecule has 0 unspecified atom stereocenters. The molecule has 0 spiro atoms. The van der Waals surface area contributed by atoms with Crippen molar-refractivity contribution in [2.45, 2.75) is 57.5 Å². The molecule has 2 N–H and O–H groups in total. The predicted molar refractivity (Wildman–Crippen MR) is 167 cm³/mol. The third-order valence-electron chi connectivity index (χ3n) is 9.46. The topological polar surface area (TPSA) is 112 Å². The van der Waals surface area contributed by atoms with Crippen LogP contribution in [0.3, 0.4) is 0 Å². The van der Waals surface area contributed by atoms with E-state index < -0.39 is 6.04 Å². The number of benzene rings is 2. The summed E-state index contributed by atoms with van der Waals surface area (Å²) in [6, 6.07) is 13.7. The van der Waals surface area contributed by atoms with Crippen LogP contribution in [0.2, 0.25) is 0 Å². The summed E-state index contributed by atoms with van der Waals surface area (Å²) in [7, 11) is 0. The van der Waals surface area contributed by atoms with Gasteiger partial charge in [-0.25, -0.2) is 4.79 Å². The lowest BCUT2D eigenvalue weighted by Gasteiger charge is -2.41. The van der Waals surface area contributed by atoms with Crippen molar-refractivity contribution in [2.75, 3.05) is 57.3 Å². The number of aromatic amines is 1. The Kier molecular flexibility index (Phi) is 8.79. The van der Waals surface area contributed by atoms with Crippen molar-refractivity contribution < 1.29 is 9.59 Å². The fourth-order valence-corrected chi connectivity index (χ4v) is 7.06. The molecular formula is C33H42N8O2.